The molecule has 2 unspecified atom stereocenters. The first-order valence-electron chi connectivity index (χ1n) is 8.30. The predicted octanol–water partition coefficient (Wildman–Crippen LogP) is 1.08. The third kappa shape index (κ3) is 2.74. The molecule has 3 heterocycles. The largest absolute Gasteiger partial charge is 0.459 e. The first-order chi connectivity index (χ1) is 12.5. The van der Waals surface area contributed by atoms with Crippen molar-refractivity contribution in [1.29, 1.82) is 0 Å². The molecule has 3 amide bonds. The summed E-state index contributed by atoms with van der Waals surface area (Å²) in [6.07, 6.45) is 0.953. The van der Waals surface area contributed by atoms with Crippen LogP contribution < -0.4 is 10.6 Å². The van der Waals surface area contributed by atoms with E-state index in [1.807, 2.05) is 0 Å². The Balaban J connectivity index is 1.58. The lowest BCUT2D eigenvalue weighted by Gasteiger charge is -2.35. The van der Waals surface area contributed by atoms with Crippen molar-refractivity contribution in [2.75, 3.05) is 5.32 Å². The van der Waals surface area contributed by atoms with Crippen LogP contribution in [0.1, 0.15) is 39.3 Å². The molecule has 2 aromatic rings. The van der Waals surface area contributed by atoms with Gasteiger partial charge in [-0.3, -0.25) is 14.4 Å². The van der Waals surface area contributed by atoms with Crippen LogP contribution in [0.25, 0.3) is 0 Å². The van der Waals surface area contributed by atoms with Crippen molar-refractivity contribution in [2.45, 2.75) is 31.7 Å². The molecule has 0 radical (unpaired) electrons. The minimum absolute atomic E-state index is 0.175. The Morgan fingerprint density at radius 1 is 1.27 bits per heavy atom. The SMILES string of the molecule is O=C1CCC(N2Cc3c(NC(=O)c4ccco4)cccc3C2=O)C(O)N1. The van der Waals surface area contributed by atoms with Gasteiger partial charge in [-0.05, 0) is 30.7 Å². The molecular weight excluding hydrogens is 338 g/mol. The van der Waals surface area contributed by atoms with Gasteiger partial charge in [0.1, 0.15) is 6.23 Å². The minimum atomic E-state index is -1.10. The Labute approximate surface area is 148 Å². The number of fused-ring (bicyclic) bond motifs is 1. The van der Waals surface area contributed by atoms with Crippen molar-refractivity contribution < 1.29 is 23.9 Å². The molecule has 3 N–H and O–H groups in total. The van der Waals surface area contributed by atoms with Crippen LogP contribution in [-0.2, 0) is 11.3 Å². The number of furan rings is 1. The Bertz CT molecular complexity index is 877. The monoisotopic (exact) mass is 355 g/mol. The van der Waals surface area contributed by atoms with Gasteiger partial charge in [-0.25, -0.2) is 0 Å². The summed E-state index contributed by atoms with van der Waals surface area (Å²) in [6.45, 7) is 0.250. The number of nitrogens with one attached hydrogen (secondary N) is 2. The summed E-state index contributed by atoms with van der Waals surface area (Å²) in [7, 11) is 0. The second kappa shape index (κ2) is 6.30. The summed E-state index contributed by atoms with van der Waals surface area (Å²) >= 11 is 0. The van der Waals surface area contributed by atoms with Gasteiger partial charge in [-0.1, -0.05) is 6.07 Å². The number of benzene rings is 1. The van der Waals surface area contributed by atoms with E-state index in [2.05, 4.69) is 10.6 Å². The highest BCUT2D eigenvalue weighted by molar-refractivity contribution is 6.05. The summed E-state index contributed by atoms with van der Waals surface area (Å²) in [5.74, 6) is -0.688. The number of nitrogens with zero attached hydrogens (tertiary/aromatic N) is 1. The van der Waals surface area contributed by atoms with Crippen LogP contribution in [0.2, 0.25) is 0 Å². The van der Waals surface area contributed by atoms with Crippen LogP contribution in [0.4, 0.5) is 5.69 Å². The van der Waals surface area contributed by atoms with Crippen molar-refractivity contribution in [3.05, 3.63) is 53.5 Å². The van der Waals surface area contributed by atoms with Gasteiger partial charge in [0.05, 0.1) is 12.3 Å². The van der Waals surface area contributed by atoms with Gasteiger partial charge < -0.3 is 25.1 Å². The quantitative estimate of drug-likeness (QED) is 0.763. The van der Waals surface area contributed by atoms with Crippen molar-refractivity contribution in [2.24, 2.45) is 0 Å². The molecule has 2 aliphatic rings. The summed E-state index contributed by atoms with van der Waals surface area (Å²) in [5, 5.41) is 15.4. The molecule has 0 aliphatic carbocycles. The molecule has 134 valence electrons. The summed E-state index contributed by atoms with van der Waals surface area (Å²) in [4.78, 5) is 37.9. The van der Waals surface area contributed by atoms with Crippen LogP contribution in [0.3, 0.4) is 0 Å². The summed E-state index contributed by atoms with van der Waals surface area (Å²) < 4.78 is 5.09. The zero-order valence-corrected chi connectivity index (χ0v) is 13.8. The van der Waals surface area contributed by atoms with E-state index in [0.717, 1.165) is 0 Å². The molecule has 0 saturated carbocycles. The maximum Gasteiger partial charge on any atom is 0.291 e. The van der Waals surface area contributed by atoms with Gasteiger partial charge >= 0.3 is 0 Å². The van der Waals surface area contributed by atoms with E-state index in [1.54, 1.807) is 30.3 Å². The van der Waals surface area contributed by atoms with Gasteiger partial charge in [0.25, 0.3) is 11.8 Å². The molecule has 26 heavy (non-hydrogen) atoms. The number of carbonyl (C=O) groups is 3. The molecule has 1 aromatic carbocycles. The van der Waals surface area contributed by atoms with Crippen LogP contribution in [0.15, 0.2) is 41.0 Å². The molecule has 4 rings (SSSR count). The number of carbonyl (C=O) groups excluding carboxylic acids is 3. The maximum atomic E-state index is 12.8. The number of hydrogen-bond donors (Lipinski definition) is 3. The van der Waals surface area contributed by atoms with Crippen LogP contribution in [0.5, 0.6) is 0 Å². The van der Waals surface area contributed by atoms with Crippen molar-refractivity contribution >= 4 is 23.4 Å². The van der Waals surface area contributed by atoms with Gasteiger partial charge in [-0.2, -0.15) is 0 Å². The van der Waals surface area contributed by atoms with E-state index in [-0.39, 0.29) is 30.5 Å². The van der Waals surface area contributed by atoms with E-state index >= 15 is 0 Å². The number of amides is 3. The van der Waals surface area contributed by atoms with Crippen LogP contribution >= 0.6 is 0 Å². The van der Waals surface area contributed by atoms with E-state index in [0.29, 0.717) is 23.2 Å². The van der Waals surface area contributed by atoms with Crippen LogP contribution in [0, 0.1) is 0 Å². The van der Waals surface area contributed by atoms with Crippen LogP contribution in [-0.4, -0.2) is 40.0 Å². The normalized spacial score (nSPS) is 22.1. The first kappa shape index (κ1) is 16.3. The smallest absolute Gasteiger partial charge is 0.291 e. The molecule has 1 saturated heterocycles. The van der Waals surface area contributed by atoms with Gasteiger partial charge in [0.15, 0.2) is 5.76 Å². The lowest BCUT2D eigenvalue weighted by atomic mass is 10.0. The third-order valence-electron chi connectivity index (χ3n) is 4.73. The molecule has 1 aromatic heterocycles. The molecular formula is C18H17N3O5. The molecule has 1 fully saturated rings. The second-order valence-electron chi connectivity index (χ2n) is 6.31. The highest BCUT2D eigenvalue weighted by atomic mass is 16.3. The number of aliphatic hydroxyl groups is 1. The highest BCUT2D eigenvalue weighted by Crippen LogP contribution is 2.33. The number of aliphatic hydroxyl groups excluding tert-OH is 1. The number of rotatable bonds is 3. The summed E-state index contributed by atoms with van der Waals surface area (Å²) in [5.41, 5.74) is 1.68. The van der Waals surface area contributed by atoms with Crippen molar-refractivity contribution in [3.63, 3.8) is 0 Å². The Morgan fingerprint density at radius 2 is 2.12 bits per heavy atom. The highest BCUT2D eigenvalue weighted by Gasteiger charge is 2.39. The molecule has 0 bridgehead atoms. The number of hydrogen-bond acceptors (Lipinski definition) is 5. The number of anilines is 1. The standard InChI is InChI=1S/C18H17N3O5/c22-15-7-6-13(16(23)20-15)21-9-11-10(18(21)25)3-1-4-12(11)19-17(24)14-5-2-8-26-14/h1-5,8,13,16,23H,6-7,9H2,(H,19,24)(H,20,22). The molecule has 8 heteroatoms. The van der Waals surface area contributed by atoms with E-state index in [9.17, 15) is 19.5 Å². The molecule has 2 atom stereocenters. The lowest BCUT2D eigenvalue weighted by molar-refractivity contribution is -0.129. The van der Waals surface area contributed by atoms with Crippen molar-refractivity contribution in [3.8, 4) is 0 Å². The van der Waals surface area contributed by atoms with E-state index in [1.165, 1.54) is 11.2 Å². The van der Waals surface area contributed by atoms with Crippen molar-refractivity contribution in [1.82, 2.24) is 10.2 Å². The minimum Gasteiger partial charge on any atom is -0.459 e. The Kier molecular flexibility index (Phi) is 3.96. The first-order valence-corrected chi connectivity index (χ1v) is 8.30. The van der Waals surface area contributed by atoms with Gasteiger partial charge in [-0.15, -0.1) is 0 Å². The van der Waals surface area contributed by atoms with E-state index < -0.39 is 18.2 Å². The number of piperidine rings is 1. The zero-order valence-electron chi connectivity index (χ0n) is 13.8. The average Bonchev–Trinajstić information content (AvgIpc) is 3.25. The third-order valence-corrected chi connectivity index (χ3v) is 4.73. The van der Waals surface area contributed by atoms with Gasteiger partial charge in [0.2, 0.25) is 5.91 Å². The fourth-order valence-corrected chi connectivity index (χ4v) is 3.43. The fraction of sp³-hybridized carbons (Fsp3) is 0.278. The van der Waals surface area contributed by atoms with E-state index in [4.69, 9.17) is 4.42 Å². The zero-order chi connectivity index (χ0) is 18.3. The van der Waals surface area contributed by atoms with Gasteiger partial charge in [0, 0.05) is 29.8 Å². The lowest BCUT2D eigenvalue weighted by Crippen LogP contribution is -2.55. The predicted molar refractivity (Wildman–Crippen MR) is 90.1 cm³/mol. The summed E-state index contributed by atoms with van der Waals surface area (Å²) in [6, 6.07) is 7.77. The average molecular weight is 355 g/mol. The maximum absolute atomic E-state index is 12.8. The Hall–Kier alpha value is -3.13. The topological polar surface area (TPSA) is 112 Å². The fourth-order valence-electron chi connectivity index (χ4n) is 3.43. The Morgan fingerprint density at radius 3 is 2.85 bits per heavy atom. The molecule has 8 nitrogen and oxygen atoms in total. The molecule has 2 aliphatic heterocycles. The molecule has 0 spiro atoms. The second-order valence-corrected chi connectivity index (χ2v) is 6.31.